The molecule has 0 unspecified atom stereocenters. The lowest BCUT2D eigenvalue weighted by Crippen LogP contribution is -2.12. The third-order valence-corrected chi connectivity index (χ3v) is 4.36. The van der Waals surface area contributed by atoms with Gasteiger partial charge < -0.3 is 14.2 Å². The number of ether oxygens (including phenoxy) is 1. The summed E-state index contributed by atoms with van der Waals surface area (Å²) < 4.78 is 35.4. The van der Waals surface area contributed by atoms with Gasteiger partial charge in [0.05, 0.1) is 6.61 Å². The van der Waals surface area contributed by atoms with Crippen LogP contribution in [0.1, 0.15) is 13.8 Å². The van der Waals surface area contributed by atoms with Gasteiger partial charge in [-0.25, -0.2) is 0 Å². The third kappa shape index (κ3) is 4.62. The normalized spacial score (nSPS) is 11.0. The molecule has 6 nitrogen and oxygen atoms in total. The van der Waals surface area contributed by atoms with Crippen LogP contribution in [0.3, 0.4) is 0 Å². The van der Waals surface area contributed by atoms with Gasteiger partial charge in [-0.1, -0.05) is 11.6 Å². The first-order valence-corrected chi connectivity index (χ1v) is 8.85. The van der Waals surface area contributed by atoms with Crippen molar-refractivity contribution in [2.24, 2.45) is 0 Å². The van der Waals surface area contributed by atoms with E-state index in [1.54, 1.807) is 6.92 Å². The van der Waals surface area contributed by atoms with Crippen molar-refractivity contribution in [3.05, 3.63) is 47.5 Å². The first-order chi connectivity index (χ1) is 11.3. The molecule has 0 aliphatic heterocycles. The Morgan fingerprint density at radius 1 is 1.17 bits per heavy atom. The molecule has 0 aliphatic rings. The summed E-state index contributed by atoms with van der Waals surface area (Å²) in [5.41, 5.74) is 0.532. The maximum atomic E-state index is 12.5. The summed E-state index contributed by atoms with van der Waals surface area (Å²) >= 11 is 5.88. The van der Waals surface area contributed by atoms with Gasteiger partial charge in [0.1, 0.15) is 16.4 Å². The number of carbonyl (C=O) groups is 1. The molecule has 0 radical (unpaired) electrons. The fourth-order valence-electron chi connectivity index (χ4n) is 1.92. The van der Waals surface area contributed by atoms with E-state index < -0.39 is 10.1 Å². The summed E-state index contributed by atoms with van der Waals surface area (Å²) in [6, 6.07) is 10.2. The van der Waals surface area contributed by atoms with Gasteiger partial charge >= 0.3 is 10.1 Å². The Morgan fingerprint density at radius 3 is 2.42 bits per heavy atom. The van der Waals surface area contributed by atoms with E-state index in [0.717, 1.165) is 0 Å². The Balaban J connectivity index is 2.28. The highest BCUT2D eigenvalue weighted by Crippen LogP contribution is 2.30. The zero-order valence-corrected chi connectivity index (χ0v) is 14.6. The van der Waals surface area contributed by atoms with E-state index in [4.69, 9.17) is 20.5 Å². The van der Waals surface area contributed by atoms with E-state index in [0.29, 0.717) is 12.3 Å². The van der Waals surface area contributed by atoms with E-state index in [9.17, 15) is 13.2 Å². The van der Waals surface area contributed by atoms with Gasteiger partial charge in [-0.05, 0) is 49.4 Å². The molecule has 0 bridgehead atoms. The minimum absolute atomic E-state index is 0.103. The highest BCUT2D eigenvalue weighted by Gasteiger charge is 2.22. The lowest BCUT2D eigenvalue weighted by Gasteiger charge is -2.12. The minimum atomic E-state index is -4.12. The predicted molar refractivity (Wildman–Crippen MR) is 91.2 cm³/mol. The number of rotatable bonds is 6. The Morgan fingerprint density at radius 2 is 1.83 bits per heavy atom. The zero-order valence-electron chi connectivity index (χ0n) is 13.1. The molecule has 2 aromatic carbocycles. The smallest absolute Gasteiger partial charge is 0.342 e. The molecule has 2 aromatic rings. The van der Waals surface area contributed by atoms with E-state index in [1.165, 1.54) is 49.4 Å². The number of hydrogen-bond donors (Lipinski definition) is 1. The van der Waals surface area contributed by atoms with Crippen LogP contribution in [-0.2, 0) is 14.9 Å². The number of benzene rings is 2. The summed E-state index contributed by atoms with van der Waals surface area (Å²) in [6.07, 6.45) is 0. The van der Waals surface area contributed by atoms with E-state index >= 15 is 0 Å². The Hall–Kier alpha value is -2.25. The van der Waals surface area contributed by atoms with Gasteiger partial charge in [0.15, 0.2) is 0 Å². The van der Waals surface area contributed by atoms with E-state index in [1.807, 2.05) is 0 Å². The molecule has 128 valence electrons. The number of anilines is 1. The monoisotopic (exact) mass is 369 g/mol. The standard InChI is InChI=1S/C16H16ClNO5S/c1-3-22-15-9-4-12(17)10-16(15)24(20,21)23-14-7-5-13(6-8-14)18-11(2)19/h4-10H,3H2,1-2H3,(H,18,19). The van der Waals surface area contributed by atoms with Crippen molar-refractivity contribution in [3.63, 3.8) is 0 Å². The van der Waals surface area contributed by atoms with Crippen molar-refractivity contribution in [1.29, 1.82) is 0 Å². The Labute approximate surface area is 145 Å². The van der Waals surface area contributed by atoms with Gasteiger partial charge in [0.2, 0.25) is 5.91 Å². The number of carbonyl (C=O) groups excluding carboxylic acids is 1. The van der Waals surface area contributed by atoms with Crippen LogP contribution in [0.15, 0.2) is 47.4 Å². The van der Waals surface area contributed by atoms with Crippen LogP contribution >= 0.6 is 11.6 Å². The average molecular weight is 370 g/mol. The number of hydrogen-bond acceptors (Lipinski definition) is 5. The lowest BCUT2D eigenvalue weighted by molar-refractivity contribution is -0.114. The van der Waals surface area contributed by atoms with Crippen LogP contribution < -0.4 is 14.2 Å². The first-order valence-electron chi connectivity index (χ1n) is 7.06. The van der Waals surface area contributed by atoms with Crippen molar-refractivity contribution in [1.82, 2.24) is 0 Å². The second-order valence-corrected chi connectivity index (χ2v) is 6.72. The number of nitrogens with one attached hydrogen (secondary N) is 1. The van der Waals surface area contributed by atoms with Gasteiger partial charge in [-0.15, -0.1) is 0 Å². The molecule has 0 heterocycles. The molecule has 0 spiro atoms. The molecule has 0 atom stereocenters. The molecule has 0 aromatic heterocycles. The lowest BCUT2D eigenvalue weighted by atomic mass is 10.3. The Kier molecular flexibility index (Phi) is 5.69. The maximum absolute atomic E-state index is 12.5. The molecule has 2 rings (SSSR count). The second-order valence-electron chi connectivity index (χ2n) is 4.77. The molecule has 8 heteroatoms. The van der Waals surface area contributed by atoms with Crippen molar-refractivity contribution >= 4 is 33.3 Å². The van der Waals surface area contributed by atoms with Crippen molar-refractivity contribution in [2.75, 3.05) is 11.9 Å². The molecule has 1 N–H and O–H groups in total. The largest absolute Gasteiger partial charge is 0.492 e. The quantitative estimate of drug-likeness (QED) is 0.788. The fourth-order valence-corrected chi connectivity index (χ4v) is 3.26. The molecular formula is C16H16ClNO5S. The highest BCUT2D eigenvalue weighted by atomic mass is 35.5. The fraction of sp³-hybridized carbons (Fsp3) is 0.188. The summed E-state index contributed by atoms with van der Waals surface area (Å²) in [5, 5.41) is 2.83. The second kappa shape index (κ2) is 7.55. The third-order valence-electron chi connectivity index (χ3n) is 2.86. The van der Waals surface area contributed by atoms with Gasteiger partial charge in [-0.2, -0.15) is 8.42 Å². The number of halogens is 1. The number of amides is 1. The van der Waals surface area contributed by atoms with Crippen LogP contribution in [0, 0.1) is 0 Å². The summed E-state index contributed by atoms with van der Waals surface area (Å²) in [5.74, 6) is 0.0415. The van der Waals surface area contributed by atoms with Gasteiger partial charge in [-0.3, -0.25) is 4.79 Å². The van der Waals surface area contributed by atoms with Crippen molar-refractivity contribution in [2.45, 2.75) is 18.7 Å². The van der Waals surface area contributed by atoms with Gasteiger partial charge in [0, 0.05) is 17.6 Å². The zero-order chi connectivity index (χ0) is 17.7. The molecule has 0 aliphatic carbocycles. The minimum Gasteiger partial charge on any atom is -0.492 e. The average Bonchev–Trinajstić information content (AvgIpc) is 2.50. The Bertz CT molecular complexity index is 834. The first kappa shape index (κ1) is 18.1. The summed E-state index contributed by atoms with van der Waals surface area (Å²) in [6.45, 7) is 3.42. The highest BCUT2D eigenvalue weighted by molar-refractivity contribution is 7.87. The molecule has 0 saturated carbocycles. The topological polar surface area (TPSA) is 81.7 Å². The summed E-state index contributed by atoms with van der Waals surface area (Å²) in [4.78, 5) is 10.8. The van der Waals surface area contributed by atoms with Gasteiger partial charge in [0.25, 0.3) is 0 Å². The predicted octanol–water partition coefficient (Wildman–Crippen LogP) is 3.46. The summed E-state index contributed by atoms with van der Waals surface area (Å²) in [7, 11) is -4.12. The van der Waals surface area contributed by atoms with E-state index in [-0.39, 0.29) is 27.3 Å². The van der Waals surface area contributed by atoms with Crippen LogP contribution in [0.5, 0.6) is 11.5 Å². The molecule has 24 heavy (non-hydrogen) atoms. The van der Waals surface area contributed by atoms with Crippen molar-refractivity contribution in [3.8, 4) is 11.5 Å². The molecular weight excluding hydrogens is 354 g/mol. The molecule has 0 fully saturated rings. The maximum Gasteiger partial charge on any atom is 0.342 e. The molecule has 0 saturated heterocycles. The molecule has 1 amide bonds. The van der Waals surface area contributed by atoms with Crippen molar-refractivity contribution < 1.29 is 22.1 Å². The van der Waals surface area contributed by atoms with Crippen LogP contribution in [0.2, 0.25) is 5.02 Å². The van der Waals surface area contributed by atoms with Crippen LogP contribution in [0.4, 0.5) is 5.69 Å². The van der Waals surface area contributed by atoms with E-state index in [2.05, 4.69) is 5.32 Å². The van der Waals surface area contributed by atoms with Crippen LogP contribution in [-0.4, -0.2) is 20.9 Å². The van der Waals surface area contributed by atoms with Crippen LogP contribution in [0.25, 0.3) is 0 Å². The SMILES string of the molecule is CCOc1ccc(Cl)cc1S(=O)(=O)Oc1ccc(NC(C)=O)cc1.